The lowest BCUT2D eigenvalue weighted by Gasteiger charge is -2.24. The van der Waals surface area contributed by atoms with Crippen LogP contribution in [-0.2, 0) is 29.3 Å². The number of hydrogen-bond donors (Lipinski definition) is 1. The minimum atomic E-state index is -3.80. The Hall–Kier alpha value is -3.12. The zero-order valence-corrected chi connectivity index (χ0v) is 19.4. The Balaban J connectivity index is 1.67. The first kappa shape index (κ1) is 22.1. The van der Waals surface area contributed by atoms with Crippen molar-refractivity contribution in [2.24, 2.45) is 0 Å². The number of sulfonamides is 1. The summed E-state index contributed by atoms with van der Waals surface area (Å²) in [6, 6.07) is 19.7. The lowest BCUT2D eigenvalue weighted by atomic mass is 10.0. The molecule has 0 spiro atoms. The van der Waals surface area contributed by atoms with Crippen LogP contribution in [0.5, 0.6) is 0 Å². The molecule has 1 aliphatic rings. The fourth-order valence-electron chi connectivity index (χ4n) is 4.40. The average molecular weight is 449 g/mol. The number of rotatable bonds is 6. The molecule has 0 saturated heterocycles. The number of aryl methyl sites for hydroxylation is 2. The highest BCUT2D eigenvalue weighted by Gasteiger charge is 2.36. The molecule has 0 bridgehead atoms. The van der Waals surface area contributed by atoms with Crippen molar-refractivity contribution in [1.29, 1.82) is 0 Å². The van der Waals surface area contributed by atoms with Crippen LogP contribution in [0.15, 0.2) is 71.6 Å². The first-order valence-corrected chi connectivity index (χ1v) is 12.4. The van der Waals surface area contributed by atoms with Gasteiger partial charge in [-0.15, -0.1) is 0 Å². The molecule has 166 valence electrons. The maximum atomic E-state index is 13.5. The Morgan fingerprint density at radius 3 is 2.31 bits per heavy atom. The Bertz CT molecular complexity index is 1250. The summed E-state index contributed by atoms with van der Waals surface area (Å²) in [5.74, 6) is -0.312. The number of benzene rings is 3. The number of hydrogen-bond acceptors (Lipinski definition) is 3. The van der Waals surface area contributed by atoms with E-state index in [0.717, 1.165) is 35.2 Å². The molecule has 1 heterocycles. The number of carbonyl (C=O) groups is 1. The van der Waals surface area contributed by atoms with Gasteiger partial charge >= 0.3 is 0 Å². The number of fused-ring (bicyclic) bond motifs is 1. The topological polar surface area (TPSA) is 66.5 Å². The third-order valence-electron chi connectivity index (χ3n) is 6.04. The van der Waals surface area contributed by atoms with Gasteiger partial charge in [-0.3, -0.25) is 9.10 Å². The Labute approximate surface area is 190 Å². The van der Waals surface area contributed by atoms with Crippen LogP contribution in [-0.4, -0.2) is 20.4 Å². The SMILES string of the molecule is CCc1cccc(CC)c1NC(=O)c1cccc(S(=O)(=O)N2c3ccccc3CC2C)c1. The molecule has 1 atom stereocenters. The molecule has 1 aliphatic heterocycles. The van der Waals surface area contributed by atoms with Gasteiger partial charge in [0.15, 0.2) is 0 Å². The predicted molar refractivity (Wildman–Crippen MR) is 129 cm³/mol. The monoisotopic (exact) mass is 448 g/mol. The summed E-state index contributed by atoms with van der Waals surface area (Å²) in [5, 5.41) is 3.02. The van der Waals surface area contributed by atoms with Gasteiger partial charge in [0.2, 0.25) is 0 Å². The van der Waals surface area contributed by atoms with Crippen LogP contribution < -0.4 is 9.62 Å². The normalized spacial score (nSPS) is 15.5. The highest BCUT2D eigenvalue weighted by Crippen LogP contribution is 2.36. The van der Waals surface area contributed by atoms with Gasteiger partial charge in [0.05, 0.1) is 10.6 Å². The molecule has 0 aromatic heterocycles. The number of nitrogens with zero attached hydrogens (tertiary/aromatic N) is 1. The van der Waals surface area contributed by atoms with Crippen LogP contribution in [0.25, 0.3) is 0 Å². The minimum absolute atomic E-state index is 0.119. The molecule has 1 unspecified atom stereocenters. The van der Waals surface area contributed by atoms with E-state index in [1.165, 1.54) is 10.4 Å². The van der Waals surface area contributed by atoms with E-state index in [9.17, 15) is 13.2 Å². The summed E-state index contributed by atoms with van der Waals surface area (Å²) in [5.41, 5.74) is 4.98. The van der Waals surface area contributed by atoms with E-state index in [1.54, 1.807) is 18.2 Å². The van der Waals surface area contributed by atoms with Crippen LogP contribution in [0.4, 0.5) is 11.4 Å². The Morgan fingerprint density at radius 2 is 1.62 bits per heavy atom. The van der Waals surface area contributed by atoms with Gasteiger partial charge < -0.3 is 5.32 Å². The molecular formula is C26H28N2O3S. The second kappa shape index (κ2) is 8.79. The molecule has 32 heavy (non-hydrogen) atoms. The quantitative estimate of drug-likeness (QED) is 0.563. The van der Waals surface area contributed by atoms with Crippen molar-refractivity contribution < 1.29 is 13.2 Å². The molecule has 1 amide bonds. The smallest absolute Gasteiger partial charge is 0.264 e. The number of anilines is 2. The van der Waals surface area contributed by atoms with Crippen molar-refractivity contribution in [1.82, 2.24) is 0 Å². The molecule has 4 rings (SSSR count). The van der Waals surface area contributed by atoms with Gasteiger partial charge in [-0.05, 0) is 67.1 Å². The third kappa shape index (κ3) is 3.91. The van der Waals surface area contributed by atoms with E-state index in [-0.39, 0.29) is 16.8 Å². The molecule has 0 radical (unpaired) electrons. The molecule has 3 aromatic rings. The Morgan fingerprint density at radius 1 is 0.969 bits per heavy atom. The van der Waals surface area contributed by atoms with E-state index in [4.69, 9.17) is 0 Å². The number of carbonyl (C=O) groups excluding carboxylic acids is 1. The lowest BCUT2D eigenvalue weighted by Crippen LogP contribution is -2.35. The van der Waals surface area contributed by atoms with Crippen molar-refractivity contribution in [3.05, 3.63) is 89.0 Å². The molecule has 1 N–H and O–H groups in total. The van der Waals surface area contributed by atoms with E-state index in [2.05, 4.69) is 5.32 Å². The highest BCUT2D eigenvalue weighted by atomic mass is 32.2. The largest absolute Gasteiger partial charge is 0.321 e. The average Bonchev–Trinajstić information content (AvgIpc) is 3.15. The number of para-hydroxylation sites is 2. The second-order valence-electron chi connectivity index (χ2n) is 8.12. The molecule has 3 aromatic carbocycles. The molecule has 6 heteroatoms. The van der Waals surface area contributed by atoms with Crippen LogP contribution in [0.1, 0.15) is 47.8 Å². The molecule has 0 aliphatic carbocycles. The number of amides is 1. The van der Waals surface area contributed by atoms with Crippen molar-refractivity contribution in [3.63, 3.8) is 0 Å². The van der Waals surface area contributed by atoms with Crippen LogP contribution in [0.2, 0.25) is 0 Å². The van der Waals surface area contributed by atoms with E-state index in [0.29, 0.717) is 17.7 Å². The fraction of sp³-hybridized carbons (Fsp3) is 0.269. The van der Waals surface area contributed by atoms with E-state index >= 15 is 0 Å². The van der Waals surface area contributed by atoms with Crippen molar-refractivity contribution in [2.75, 3.05) is 9.62 Å². The van der Waals surface area contributed by atoms with Gasteiger partial charge in [0.1, 0.15) is 0 Å². The second-order valence-corrected chi connectivity index (χ2v) is 9.94. The summed E-state index contributed by atoms with van der Waals surface area (Å²) in [6.45, 7) is 6.00. The van der Waals surface area contributed by atoms with Crippen molar-refractivity contribution >= 4 is 27.3 Å². The van der Waals surface area contributed by atoms with Gasteiger partial charge in [-0.1, -0.05) is 56.3 Å². The van der Waals surface area contributed by atoms with Crippen molar-refractivity contribution in [3.8, 4) is 0 Å². The van der Waals surface area contributed by atoms with Crippen LogP contribution >= 0.6 is 0 Å². The molecule has 5 nitrogen and oxygen atoms in total. The number of nitrogens with one attached hydrogen (secondary N) is 1. The first-order chi connectivity index (χ1) is 15.4. The van der Waals surface area contributed by atoms with Crippen LogP contribution in [0.3, 0.4) is 0 Å². The lowest BCUT2D eigenvalue weighted by molar-refractivity contribution is 0.102. The van der Waals surface area contributed by atoms with Gasteiger partial charge in [-0.25, -0.2) is 8.42 Å². The third-order valence-corrected chi connectivity index (χ3v) is 7.96. The maximum Gasteiger partial charge on any atom is 0.264 e. The van der Waals surface area contributed by atoms with Crippen molar-refractivity contribution in [2.45, 2.75) is 51.0 Å². The predicted octanol–water partition coefficient (Wildman–Crippen LogP) is 5.20. The zero-order valence-electron chi connectivity index (χ0n) is 18.6. The summed E-state index contributed by atoms with van der Waals surface area (Å²) in [7, 11) is -3.80. The summed E-state index contributed by atoms with van der Waals surface area (Å²) in [6.07, 6.45) is 2.26. The summed E-state index contributed by atoms with van der Waals surface area (Å²) in [4.78, 5) is 13.2. The Kier molecular flexibility index (Phi) is 6.07. The van der Waals surface area contributed by atoms with Gasteiger partial charge in [-0.2, -0.15) is 0 Å². The standard InChI is InChI=1S/C26H28N2O3S/c1-4-19-11-8-12-20(5-2)25(19)27-26(29)22-13-9-14-23(17-22)32(30,31)28-18(3)16-21-10-6-7-15-24(21)28/h6-15,17-18H,4-5,16H2,1-3H3,(H,27,29). The molecule has 0 fully saturated rings. The maximum absolute atomic E-state index is 13.5. The summed E-state index contributed by atoms with van der Waals surface area (Å²) < 4.78 is 28.5. The first-order valence-electron chi connectivity index (χ1n) is 11.0. The van der Waals surface area contributed by atoms with Gasteiger partial charge in [0.25, 0.3) is 15.9 Å². The molecular weight excluding hydrogens is 420 g/mol. The fourth-order valence-corrected chi connectivity index (χ4v) is 6.14. The highest BCUT2D eigenvalue weighted by molar-refractivity contribution is 7.92. The zero-order chi connectivity index (χ0) is 22.9. The van der Waals surface area contributed by atoms with E-state index < -0.39 is 10.0 Å². The summed E-state index contributed by atoms with van der Waals surface area (Å²) >= 11 is 0. The molecule has 0 saturated carbocycles. The van der Waals surface area contributed by atoms with Crippen LogP contribution in [0, 0.1) is 0 Å². The minimum Gasteiger partial charge on any atom is -0.321 e. The van der Waals surface area contributed by atoms with E-state index in [1.807, 2.05) is 63.2 Å². The van der Waals surface area contributed by atoms with Gasteiger partial charge in [0, 0.05) is 17.3 Å².